The third-order valence-corrected chi connectivity index (χ3v) is 4.60. The van der Waals surface area contributed by atoms with Crippen molar-refractivity contribution in [2.24, 2.45) is 11.7 Å². The molecule has 0 radical (unpaired) electrons. The fraction of sp³-hybridized carbons (Fsp3) is 0.263. The molecule has 0 spiro atoms. The highest BCUT2D eigenvalue weighted by Gasteiger charge is 2.26. The number of rotatable bonds is 5. The summed E-state index contributed by atoms with van der Waals surface area (Å²) in [6, 6.07) is 13.6. The number of amides is 1. The zero-order valence-electron chi connectivity index (χ0n) is 13.5. The Labute approximate surface area is 140 Å². The molecule has 0 atom stereocenters. The molecule has 24 heavy (non-hydrogen) atoms. The van der Waals surface area contributed by atoms with Crippen LogP contribution in [0, 0.1) is 12.8 Å². The van der Waals surface area contributed by atoms with Gasteiger partial charge in [0.1, 0.15) is 5.69 Å². The molecule has 1 aliphatic carbocycles. The van der Waals surface area contributed by atoms with Gasteiger partial charge in [0, 0.05) is 23.9 Å². The summed E-state index contributed by atoms with van der Waals surface area (Å²) in [4.78, 5) is 11.7. The average Bonchev–Trinajstić information content (AvgIpc) is 3.16. The van der Waals surface area contributed by atoms with Gasteiger partial charge in [0.2, 0.25) is 0 Å². The summed E-state index contributed by atoms with van der Waals surface area (Å²) in [5.41, 5.74) is 9.56. The first-order chi connectivity index (χ1) is 11.6. The molecule has 0 aliphatic heterocycles. The predicted octanol–water partition coefficient (Wildman–Crippen LogP) is 3.63. The van der Waals surface area contributed by atoms with Crippen molar-refractivity contribution >= 4 is 5.91 Å². The molecule has 2 heterocycles. The second-order valence-electron chi connectivity index (χ2n) is 6.39. The van der Waals surface area contributed by atoms with Crippen LogP contribution in [0.3, 0.4) is 0 Å². The van der Waals surface area contributed by atoms with Crippen molar-refractivity contribution in [2.45, 2.75) is 26.3 Å². The maximum atomic E-state index is 11.7. The number of primary amides is 1. The minimum atomic E-state index is -0.407. The van der Waals surface area contributed by atoms with Crippen molar-refractivity contribution in [1.29, 1.82) is 0 Å². The fourth-order valence-electron chi connectivity index (χ4n) is 3.04. The highest BCUT2D eigenvalue weighted by atomic mass is 16.5. The number of benzene rings is 1. The van der Waals surface area contributed by atoms with Gasteiger partial charge in [-0.1, -0.05) is 35.5 Å². The average molecular weight is 321 g/mol. The number of carbonyl (C=O) groups is 1. The van der Waals surface area contributed by atoms with E-state index in [1.54, 1.807) is 0 Å². The highest BCUT2D eigenvalue weighted by molar-refractivity contribution is 5.95. The Hall–Kier alpha value is -2.82. The highest BCUT2D eigenvalue weighted by Crippen LogP contribution is 2.35. The molecule has 1 amide bonds. The van der Waals surface area contributed by atoms with Crippen LogP contribution in [0.25, 0.3) is 22.7 Å². The van der Waals surface area contributed by atoms with E-state index in [1.807, 2.05) is 49.4 Å². The molecule has 2 aromatic heterocycles. The van der Waals surface area contributed by atoms with Gasteiger partial charge < -0.3 is 14.8 Å². The molecule has 0 unspecified atom stereocenters. The standard InChI is InChI=1S/C19H19N3O2/c1-12-15(19(20)23)9-17(22(12)11-13-7-8-13)16-10-18(24-21-16)14-5-3-2-4-6-14/h2-6,9-10,13H,7-8,11H2,1H3,(H2,20,23). The number of carbonyl (C=O) groups excluding carboxylic acids is 1. The van der Waals surface area contributed by atoms with E-state index >= 15 is 0 Å². The van der Waals surface area contributed by atoms with Crippen LogP contribution in [0.1, 0.15) is 28.9 Å². The number of hydrogen-bond acceptors (Lipinski definition) is 3. The maximum absolute atomic E-state index is 11.7. The van der Waals surface area contributed by atoms with Gasteiger partial charge >= 0.3 is 0 Å². The zero-order chi connectivity index (χ0) is 16.7. The summed E-state index contributed by atoms with van der Waals surface area (Å²) < 4.78 is 7.65. The lowest BCUT2D eigenvalue weighted by atomic mass is 10.1. The first-order valence-electron chi connectivity index (χ1n) is 8.16. The van der Waals surface area contributed by atoms with Gasteiger partial charge in [-0.15, -0.1) is 0 Å². The van der Waals surface area contributed by atoms with Gasteiger partial charge in [-0.3, -0.25) is 4.79 Å². The Balaban J connectivity index is 1.77. The van der Waals surface area contributed by atoms with E-state index in [4.69, 9.17) is 10.3 Å². The maximum Gasteiger partial charge on any atom is 0.250 e. The van der Waals surface area contributed by atoms with Gasteiger partial charge in [-0.25, -0.2) is 0 Å². The third-order valence-electron chi connectivity index (χ3n) is 4.60. The molecule has 5 nitrogen and oxygen atoms in total. The van der Waals surface area contributed by atoms with Crippen LogP contribution in [0.5, 0.6) is 0 Å². The normalized spacial score (nSPS) is 14.0. The largest absolute Gasteiger partial charge is 0.366 e. The molecule has 2 N–H and O–H groups in total. The van der Waals surface area contributed by atoms with Gasteiger partial charge in [0.05, 0.1) is 11.3 Å². The summed E-state index contributed by atoms with van der Waals surface area (Å²) in [6.45, 7) is 2.83. The second-order valence-corrected chi connectivity index (χ2v) is 6.39. The molecule has 3 aromatic rings. The Morgan fingerprint density at radius 2 is 2.04 bits per heavy atom. The van der Waals surface area contributed by atoms with Crippen LogP contribution in [0.2, 0.25) is 0 Å². The molecule has 0 bridgehead atoms. The number of nitrogens with two attached hydrogens (primary N) is 1. The van der Waals surface area contributed by atoms with E-state index in [0.29, 0.717) is 17.2 Å². The topological polar surface area (TPSA) is 74.1 Å². The molecule has 4 rings (SSSR count). The first kappa shape index (κ1) is 14.8. The first-order valence-corrected chi connectivity index (χ1v) is 8.16. The van der Waals surface area contributed by atoms with Crippen molar-refractivity contribution in [3.8, 4) is 22.7 Å². The number of hydrogen-bond donors (Lipinski definition) is 1. The van der Waals surface area contributed by atoms with Crippen LogP contribution in [0.4, 0.5) is 0 Å². The molecule has 122 valence electrons. The second kappa shape index (κ2) is 5.67. The Kier molecular flexibility index (Phi) is 3.49. The SMILES string of the molecule is Cc1c(C(N)=O)cc(-c2cc(-c3ccccc3)on2)n1CC1CC1. The Bertz CT molecular complexity index is 889. The summed E-state index contributed by atoms with van der Waals surface area (Å²) in [7, 11) is 0. The predicted molar refractivity (Wildman–Crippen MR) is 91.3 cm³/mol. The van der Waals surface area contributed by atoms with E-state index in [2.05, 4.69) is 9.72 Å². The smallest absolute Gasteiger partial charge is 0.250 e. The monoisotopic (exact) mass is 321 g/mol. The number of aromatic nitrogens is 2. The molecule has 1 fully saturated rings. The molecule has 5 heteroatoms. The molecule has 1 aliphatic rings. The molecule has 1 aromatic carbocycles. The van der Waals surface area contributed by atoms with Gasteiger partial charge in [0.15, 0.2) is 5.76 Å². The van der Waals surface area contributed by atoms with Crippen molar-refractivity contribution in [3.05, 3.63) is 53.7 Å². The van der Waals surface area contributed by atoms with E-state index in [-0.39, 0.29) is 0 Å². The van der Waals surface area contributed by atoms with Gasteiger partial charge in [-0.2, -0.15) is 0 Å². The quantitative estimate of drug-likeness (QED) is 0.780. The summed E-state index contributed by atoms with van der Waals surface area (Å²) >= 11 is 0. The van der Waals surface area contributed by atoms with Crippen LogP contribution >= 0.6 is 0 Å². The lowest BCUT2D eigenvalue weighted by Crippen LogP contribution is -2.12. The molecule has 0 saturated heterocycles. The Morgan fingerprint density at radius 3 is 2.71 bits per heavy atom. The summed E-state index contributed by atoms with van der Waals surface area (Å²) in [6.07, 6.45) is 2.47. The van der Waals surface area contributed by atoms with Crippen LogP contribution in [0.15, 0.2) is 47.0 Å². The van der Waals surface area contributed by atoms with E-state index in [1.165, 1.54) is 12.8 Å². The number of nitrogens with zero attached hydrogens (tertiary/aromatic N) is 2. The van der Waals surface area contributed by atoms with Gasteiger partial charge in [0.25, 0.3) is 5.91 Å². The van der Waals surface area contributed by atoms with Crippen LogP contribution in [-0.4, -0.2) is 15.6 Å². The van der Waals surface area contributed by atoms with E-state index in [0.717, 1.165) is 29.2 Å². The van der Waals surface area contributed by atoms with Crippen molar-refractivity contribution < 1.29 is 9.32 Å². The van der Waals surface area contributed by atoms with E-state index < -0.39 is 5.91 Å². The molecular weight excluding hydrogens is 302 g/mol. The van der Waals surface area contributed by atoms with Crippen molar-refractivity contribution in [3.63, 3.8) is 0 Å². The van der Waals surface area contributed by atoms with Crippen LogP contribution in [-0.2, 0) is 6.54 Å². The lowest BCUT2D eigenvalue weighted by molar-refractivity contribution is 0.0999. The summed E-state index contributed by atoms with van der Waals surface area (Å²) in [5, 5.41) is 4.22. The van der Waals surface area contributed by atoms with Crippen molar-refractivity contribution in [1.82, 2.24) is 9.72 Å². The third kappa shape index (κ3) is 2.62. The zero-order valence-corrected chi connectivity index (χ0v) is 13.5. The fourth-order valence-corrected chi connectivity index (χ4v) is 3.04. The van der Waals surface area contributed by atoms with Crippen molar-refractivity contribution in [2.75, 3.05) is 0 Å². The molecular formula is C19H19N3O2. The minimum Gasteiger partial charge on any atom is -0.366 e. The lowest BCUT2D eigenvalue weighted by Gasteiger charge is -2.09. The Morgan fingerprint density at radius 1 is 1.29 bits per heavy atom. The minimum absolute atomic E-state index is 0.407. The van der Waals surface area contributed by atoms with E-state index in [9.17, 15) is 4.79 Å². The molecule has 1 saturated carbocycles. The van der Waals surface area contributed by atoms with Crippen LogP contribution < -0.4 is 5.73 Å². The summed E-state index contributed by atoms with van der Waals surface area (Å²) in [5.74, 6) is 0.981. The van der Waals surface area contributed by atoms with Gasteiger partial charge in [-0.05, 0) is 31.7 Å².